The van der Waals surface area contributed by atoms with Crippen LogP contribution in [0.15, 0.2) is 60.7 Å². The van der Waals surface area contributed by atoms with E-state index in [2.05, 4.69) is 21.3 Å². The topological polar surface area (TPSA) is 189 Å². The van der Waals surface area contributed by atoms with Gasteiger partial charge in [0.25, 0.3) is 0 Å². The largest absolute Gasteiger partial charge is 0.480 e. The molecule has 9 N–H and O–H groups in total. The van der Waals surface area contributed by atoms with Crippen LogP contribution in [0.25, 0.3) is 0 Å². The molecule has 0 saturated heterocycles. The van der Waals surface area contributed by atoms with Crippen molar-refractivity contribution in [3.63, 3.8) is 0 Å². The summed E-state index contributed by atoms with van der Waals surface area (Å²) in [4.78, 5) is 52.8. The average Bonchev–Trinajstić information content (AvgIpc) is 2.99. The van der Waals surface area contributed by atoms with Gasteiger partial charge in [-0.15, -0.1) is 0 Å². The summed E-state index contributed by atoms with van der Waals surface area (Å²) in [5.74, 6) is -2.64. The summed E-state index contributed by atoms with van der Waals surface area (Å²) in [6, 6.07) is 15.2. The van der Waals surface area contributed by atoms with Gasteiger partial charge in [0, 0.05) is 12.0 Å². The SMILES string of the molecule is CC(C)(C)N[C@H](Cc1ccccc1)C(=O)NC(Cc1ccccc1)C(=O)N[C@H](CCCCN)C(=O)NC(CCCCN)C(=O)O. The number of carbonyl (C=O) groups is 4. The van der Waals surface area contributed by atoms with E-state index in [1.165, 1.54) is 0 Å². The van der Waals surface area contributed by atoms with Gasteiger partial charge in [-0.25, -0.2) is 4.79 Å². The molecular weight excluding hydrogens is 572 g/mol. The molecule has 11 nitrogen and oxygen atoms in total. The van der Waals surface area contributed by atoms with Crippen LogP contribution in [0.3, 0.4) is 0 Å². The zero-order valence-corrected chi connectivity index (χ0v) is 26.9. The van der Waals surface area contributed by atoms with Crippen molar-refractivity contribution in [2.45, 2.75) is 102 Å². The van der Waals surface area contributed by atoms with Crippen molar-refractivity contribution >= 4 is 23.7 Å². The summed E-state index contributed by atoms with van der Waals surface area (Å²) >= 11 is 0. The minimum atomic E-state index is -1.16. The highest BCUT2D eigenvalue weighted by molar-refractivity contribution is 5.94. The summed E-state index contributed by atoms with van der Waals surface area (Å²) in [6.07, 6.45) is 3.43. The maximum absolute atomic E-state index is 13.8. The third-order valence-electron chi connectivity index (χ3n) is 7.26. The molecule has 0 spiro atoms. The molecule has 0 saturated carbocycles. The van der Waals surface area contributed by atoms with Gasteiger partial charge in [-0.1, -0.05) is 60.7 Å². The van der Waals surface area contributed by atoms with E-state index in [1.54, 1.807) is 0 Å². The van der Waals surface area contributed by atoms with E-state index >= 15 is 0 Å². The van der Waals surface area contributed by atoms with Gasteiger partial charge >= 0.3 is 5.97 Å². The quantitative estimate of drug-likeness (QED) is 0.109. The number of hydrogen-bond acceptors (Lipinski definition) is 7. The molecule has 0 radical (unpaired) electrons. The maximum atomic E-state index is 13.8. The van der Waals surface area contributed by atoms with Crippen LogP contribution in [-0.2, 0) is 32.0 Å². The Balaban J connectivity index is 2.30. The number of rotatable bonds is 20. The molecule has 0 aliphatic carbocycles. The monoisotopic (exact) mass is 624 g/mol. The molecule has 2 rings (SSSR count). The summed E-state index contributed by atoms with van der Waals surface area (Å²) < 4.78 is 0. The lowest BCUT2D eigenvalue weighted by molar-refractivity contribution is -0.142. The van der Waals surface area contributed by atoms with E-state index in [0.717, 1.165) is 11.1 Å². The first-order chi connectivity index (χ1) is 21.4. The minimum absolute atomic E-state index is 0.194. The molecule has 2 unspecified atom stereocenters. The van der Waals surface area contributed by atoms with E-state index < -0.39 is 42.0 Å². The molecule has 2 aromatic rings. The first kappa shape index (κ1) is 37.4. The number of amides is 3. The fourth-order valence-corrected chi connectivity index (χ4v) is 4.97. The molecular formula is C34H52N6O5. The first-order valence-corrected chi connectivity index (χ1v) is 15.8. The molecule has 0 heterocycles. The van der Waals surface area contributed by atoms with Gasteiger partial charge in [0.2, 0.25) is 17.7 Å². The highest BCUT2D eigenvalue weighted by Gasteiger charge is 2.32. The number of carboxylic acids is 1. The van der Waals surface area contributed by atoms with Crippen molar-refractivity contribution in [1.82, 2.24) is 21.3 Å². The van der Waals surface area contributed by atoms with Crippen molar-refractivity contribution in [3.05, 3.63) is 71.8 Å². The third-order valence-corrected chi connectivity index (χ3v) is 7.26. The molecule has 11 heteroatoms. The van der Waals surface area contributed by atoms with Crippen LogP contribution in [0.5, 0.6) is 0 Å². The van der Waals surface area contributed by atoms with Crippen LogP contribution in [0.4, 0.5) is 0 Å². The number of aliphatic carboxylic acids is 1. The summed E-state index contributed by atoms with van der Waals surface area (Å²) in [5.41, 5.74) is 12.6. The summed E-state index contributed by atoms with van der Waals surface area (Å²) in [7, 11) is 0. The summed E-state index contributed by atoms with van der Waals surface area (Å²) in [6.45, 7) is 6.74. The highest BCUT2D eigenvalue weighted by atomic mass is 16.4. The van der Waals surface area contributed by atoms with Gasteiger partial charge in [-0.2, -0.15) is 0 Å². The van der Waals surface area contributed by atoms with Crippen LogP contribution in [0.1, 0.15) is 70.4 Å². The van der Waals surface area contributed by atoms with Gasteiger partial charge in [-0.05, 0) is 89.9 Å². The zero-order valence-electron chi connectivity index (χ0n) is 26.9. The van der Waals surface area contributed by atoms with E-state index in [1.807, 2.05) is 81.4 Å². The molecule has 0 aliphatic heterocycles. The smallest absolute Gasteiger partial charge is 0.326 e. The maximum Gasteiger partial charge on any atom is 0.326 e. The molecule has 0 bridgehead atoms. The number of nitrogens with two attached hydrogens (primary N) is 2. The predicted octanol–water partition coefficient (Wildman–Crippen LogP) is 2.03. The minimum Gasteiger partial charge on any atom is -0.480 e. The van der Waals surface area contributed by atoms with Crippen molar-refractivity contribution in [2.75, 3.05) is 13.1 Å². The second-order valence-electron chi connectivity index (χ2n) is 12.4. The highest BCUT2D eigenvalue weighted by Crippen LogP contribution is 2.11. The van der Waals surface area contributed by atoms with Crippen LogP contribution in [-0.4, -0.2) is 71.6 Å². The molecule has 0 fully saturated rings. The number of unbranched alkanes of at least 4 members (excludes halogenated alkanes) is 2. The molecule has 248 valence electrons. The average molecular weight is 625 g/mol. The Labute approximate surface area is 267 Å². The number of nitrogens with one attached hydrogen (secondary N) is 4. The van der Waals surface area contributed by atoms with E-state index in [4.69, 9.17) is 11.5 Å². The number of hydrogen-bond donors (Lipinski definition) is 7. The number of benzene rings is 2. The van der Waals surface area contributed by atoms with Crippen LogP contribution in [0, 0.1) is 0 Å². The molecule has 0 aromatic heterocycles. The number of carboxylic acid groups (broad SMARTS) is 1. The normalized spacial score (nSPS) is 14.1. The third kappa shape index (κ3) is 14.7. The van der Waals surface area contributed by atoms with E-state index in [0.29, 0.717) is 45.2 Å². The molecule has 4 atom stereocenters. The first-order valence-electron chi connectivity index (χ1n) is 15.8. The van der Waals surface area contributed by atoms with Crippen LogP contribution >= 0.6 is 0 Å². The van der Waals surface area contributed by atoms with Gasteiger partial charge in [0.1, 0.15) is 18.1 Å². The standard InChI is InChI=1S/C34H52N6O5/c1-34(2,3)40-29(23-25-16-8-5-9-17-25)32(43)39-28(22-24-14-6-4-7-15-24)31(42)37-26(18-10-12-20-35)30(41)38-27(33(44)45)19-11-13-21-36/h4-9,14-17,26-29,40H,10-13,18-23,35-36H2,1-3H3,(H,37,42)(H,38,41)(H,39,43)(H,44,45)/t26-,27?,28?,29-/m1/s1. The summed E-state index contributed by atoms with van der Waals surface area (Å²) in [5, 5.41) is 21.4. The molecule has 45 heavy (non-hydrogen) atoms. The Hall–Kier alpha value is -3.80. The Morgan fingerprint density at radius 2 is 1.02 bits per heavy atom. The van der Waals surface area contributed by atoms with Gasteiger partial charge < -0.3 is 37.8 Å². The fraction of sp³-hybridized carbons (Fsp3) is 0.529. The van der Waals surface area contributed by atoms with Crippen molar-refractivity contribution in [1.29, 1.82) is 0 Å². The van der Waals surface area contributed by atoms with Crippen molar-refractivity contribution < 1.29 is 24.3 Å². The molecule has 2 aromatic carbocycles. The molecule has 3 amide bonds. The second-order valence-corrected chi connectivity index (χ2v) is 12.4. The second kappa shape index (κ2) is 19.6. The zero-order chi connectivity index (χ0) is 33.2. The Morgan fingerprint density at radius 1 is 0.622 bits per heavy atom. The van der Waals surface area contributed by atoms with E-state index in [-0.39, 0.29) is 30.7 Å². The fourth-order valence-electron chi connectivity index (χ4n) is 4.97. The van der Waals surface area contributed by atoms with Crippen LogP contribution in [0.2, 0.25) is 0 Å². The predicted molar refractivity (Wildman–Crippen MR) is 176 cm³/mol. The lowest BCUT2D eigenvalue weighted by Gasteiger charge is -2.30. The van der Waals surface area contributed by atoms with Crippen molar-refractivity contribution in [2.24, 2.45) is 11.5 Å². The van der Waals surface area contributed by atoms with Crippen molar-refractivity contribution in [3.8, 4) is 0 Å². The van der Waals surface area contributed by atoms with Gasteiger partial charge in [0.15, 0.2) is 0 Å². The Kier molecular flexibility index (Phi) is 16.2. The Morgan fingerprint density at radius 3 is 1.49 bits per heavy atom. The lowest BCUT2D eigenvalue weighted by Crippen LogP contribution is -2.59. The lowest BCUT2D eigenvalue weighted by atomic mass is 9.99. The number of carbonyl (C=O) groups excluding carboxylic acids is 3. The van der Waals surface area contributed by atoms with Gasteiger partial charge in [-0.3, -0.25) is 14.4 Å². The van der Waals surface area contributed by atoms with Crippen LogP contribution < -0.4 is 32.7 Å². The Bertz CT molecular complexity index is 1190. The molecule has 0 aliphatic rings. The van der Waals surface area contributed by atoms with E-state index in [9.17, 15) is 24.3 Å². The van der Waals surface area contributed by atoms with Gasteiger partial charge in [0.05, 0.1) is 6.04 Å².